The fraction of sp³-hybridized carbons (Fsp3) is 0.182. The largest absolute Gasteiger partial charge is 0.366 e. The van der Waals surface area contributed by atoms with Crippen LogP contribution < -0.4 is 5.73 Å². The second-order valence-corrected chi connectivity index (χ2v) is 3.80. The number of benzene rings is 1. The highest BCUT2D eigenvalue weighted by atomic mass is 32.2. The van der Waals surface area contributed by atoms with Crippen LogP contribution in [0.3, 0.4) is 0 Å². The van der Waals surface area contributed by atoms with Crippen LogP contribution >= 0.6 is 12.2 Å². The fourth-order valence-electron chi connectivity index (χ4n) is 1.29. The molecule has 0 aliphatic rings. The highest BCUT2D eigenvalue weighted by molar-refractivity contribution is 7.93. The lowest BCUT2D eigenvalue weighted by atomic mass is 10.1. The van der Waals surface area contributed by atoms with Crippen molar-refractivity contribution in [3.8, 4) is 0 Å². The summed E-state index contributed by atoms with van der Waals surface area (Å²) in [7, 11) is 0. The number of isocyanates is 2. The van der Waals surface area contributed by atoms with Crippen LogP contribution in [0.25, 0.3) is 0 Å². The molecule has 8 heteroatoms. The Hall–Kier alpha value is -2.24. The number of nitrogens with zero attached hydrogens (tertiary/aromatic N) is 2. The van der Waals surface area contributed by atoms with E-state index in [-0.39, 0.29) is 6.42 Å². The molecule has 19 heavy (non-hydrogen) atoms. The first-order chi connectivity index (χ1) is 9.19. The molecule has 0 heterocycles. The molecule has 0 aliphatic heterocycles. The molecule has 7 nitrogen and oxygen atoms in total. The van der Waals surface area contributed by atoms with E-state index in [2.05, 4.69) is 13.6 Å². The number of nitrogens with two attached hydrogens (primary N) is 1. The Balaban J connectivity index is 2.70. The molecule has 0 aliphatic carbocycles. The van der Waals surface area contributed by atoms with Crippen LogP contribution in [0.2, 0.25) is 0 Å². The molecule has 98 valence electrons. The Bertz CT molecular complexity index is 551. The minimum atomic E-state index is -0.961. The van der Waals surface area contributed by atoms with Crippen LogP contribution in [-0.4, -0.2) is 24.2 Å². The maximum absolute atomic E-state index is 11.4. The van der Waals surface area contributed by atoms with Crippen LogP contribution in [0, 0.1) is 0 Å². The fourth-order valence-corrected chi connectivity index (χ4v) is 1.56. The van der Waals surface area contributed by atoms with E-state index in [1.165, 1.54) is 12.2 Å². The molecule has 0 saturated carbocycles. The molecule has 0 fully saturated rings. The zero-order valence-electron chi connectivity index (χ0n) is 9.61. The van der Waals surface area contributed by atoms with E-state index >= 15 is 0 Å². The number of hydrogen-bond acceptors (Lipinski definition) is 8. The number of carbonyl (C=O) groups excluding carboxylic acids is 3. The highest BCUT2D eigenvalue weighted by Crippen LogP contribution is 2.19. The summed E-state index contributed by atoms with van der Waals surface area (Å²) in [6.45, 7) is 0. The van der Waals surface area contributed by atoms with E-state index in [1.54, 1.807) is 24.3 Å². The Labute approximate surface area is 112 Å². The van der Waals surface area contributed by atoms with Gasteiger partial charge in [-0.3, -0.25) is 0 Å². The average molecular weight is 279 g/mol. The van der Waals surface area contributed by atoms with Crippen LogP contribution in [0.15, 0.2) is 33.7 Å². The Morgan fingerprint density at radius 3 is 2.79 bits per heavy atom. The molecule has 0 saturated heterocycles. The van der Waals surface area contributed by atoms with Crippen molar-refractivity contribution in [2.75, 3.05) is 0 Å². The van der Waals surface area contributed by atoms with Gasteiger partial charge < -0.3 is 9.92 Å². The molecular weight excluding hydrogens is 270 g/mol. The normalized spacial score (nSPS) is 10.8. The molecule has 0 spiro atoms. The molecule has 0 bridgehead atoms. The predicted octanol–water partition coefficient (Wildman–Crippen LogP) is 0.966. The van der Waals surface area contributed by atoms with Crippen LogP contribution in [0.4, 0.5) is 5.69 Å². The van der Waals surface area contributed by atoms with Crippen molar-refractivity contribution < 1.29 is 18.6 Å². The third kappa shape index (κ3) is 4.87. The molecule has 0 aromatic heterocycles. The molecule has 1 aromatic rings. The van der Waals surface area contributed by atoms with Crippen molar-refractivity contribution in [1.82, 2.24) is 0 Å². The lowest BCUT2D eigenvalue weighted by Crippen LogP contribution is -2.33. The van der Waals surface area contributed by atoms with Crippen molar-refractivity contribution in [2.24, 2.45) is 15.1 Å². The quantitative estimate of drug-likeness (QED) is 0.359. The maximum atomic E-state index is 11.4. The van der Waals surface area contributed by atoms with Crippen LogP contribution in [0.5, 0.6) is 0 Å². The zero-order valence-corrected chi connectivity index (χ0v) is 10.4. The third-order valence-electron chi connectivity index (χ3n) is 2.09. The molecule has 2 N–H and O–H groups in total. The topological polar surface area (TPSA) is 111 Å². The number of carbonyl (C=O) groups is 1. The Morgan fingerprint density at radius 1 is 1.37 bits per heavy atom. The van der Waals surface area contributed by atoms with Gasteiger partial charge in [-0.1, -0.05) is 22.6 Å². The number of para-hydroxylation sites is 1. The molecule has 1 rings (SSSR count). The van der Waals surface area contributed by atoms with Gasteiger partial charge >= 0.3 is 5.97 Å². The Morgan fingerprint density at radius 2 is 2.11 bits per heavy atom. The molecule has 1 unspecified atom stereocenters. The van der Waals surface area contributed by atoms with Crippen molar-refractivity contribution >= 4 is 36.0 Å². The van der Waals surface area contributed by atoms with E-state index in [1.807, 2.05) is 0 Å². The minimum Gasteiger partial charge on any atom is -0.366 e. The lowest BCUT2D eigenvalue weighted by Gasteiger charge is -2.10. The van der Waals surface area contributed by atoms with E-state index in [9.17, 15) is 14.4 Å². The van der Waals surface area contributed by atoms with E-state index in [4.69, 9.17) is 5.73 Å². The van der Waals surface area contributed by atoms with Gasteiger partial charge in [0.1, 0.15) is 6.04 Å². The summed E-state index contributed by atoms with van der Waals surface area (Å²) in [6.07, 6.45) is 2.75. The first kappa shape index (κ1) is 14.8. The SMILES string of the molecule is NC(Cc1ccccc1N=C=O)C(=O)OSN=C=O. The summed E-state index contributed by atoms with van der Waals surface area (Å²) in [5.74, 6) is -0.742. The monoisotopic (exact) mass is 279 g/mol. The number of hydrogen-bond donors (Lipinski definition) is 1. The molecule has 1 aromatic carbocycles. The smallest absolute Gasteiger partial charge is 0.336 e. The van der Waals surface area contributed by atoms with E-state index in [0.717, 1.165) is 0 Å². The van der Waals surface area contributed by atoms with Gasteiger partial charge in [0, 0.05) is 6.42 Å². The van der Waals surface area contributed by atoms with Crippen LogP contribution in [0.1, 0.15) is 5.56 Å². The predicted molar refractivity (Wildman–Crippen MR) is 67.7 cm³/mol. The summed E-state index contributed by atoms with van der Waals surface area (Å²) >= 11 is 0.301. The third-order valence-corrected chi connectivity index (χ3v) is 2.48. The second kappa shape index (κ2) is 7.97. The molecular formula is C11H9N3O4S. The first-order valence-corrected chi connectivity index (χ1v) is 5.75. The van der Waals surface area contributed by atoms with Gasteiger partial charge in [-0.05, 0) is 11.6 Å². The molecule has 0 radical (unpaired) electrons. The van der Waals surface area contributed by atoms with E-state index in [0.29, 0.717) is 23.5 Å². The van der Waals surface area contributed by atoms with Gasteiger partial charge in [0.25, 0.3) is 0 Å². The summed E-state index contributed by atoms with van der Waals surface area (Å²) in [5, 5.41) is 0. The number of aliphatic imine (C=N–C) groups is 1. The molecule has 0 amide bonds. The van der Waals surface area contributed by atoms with Gasteiger partial charge in [0.05, 0.1) is 5.69 Å². The van der Waals surface area contributed by atoms with Crippen molar-refractivity contribution in [2.45, 2.75) is 12.5 Å². The highest BCUT2D eigenvalue weighted by Gasteiger charge is 2.17. The molecule has 1 atom stereocenters. The van der Waals surface area contributed by atoms with Gasteiger partial charge in [-0.2, -0.15) is 4.99 Å². The number of rotatable bonds is 6. The van der Waals surface area contributed by atoms with Gasteiger partial charge in [-0.15, -0.1) is 0 Å². The van der Waals surface area contributed by atoms with Crippen molar-refractivity contribution in [1.29, 1.82) is 0 Å². The summed E-state index contributed by atoms with van der Waals surface area (Å²) in [6, 6.07) is 5.74. The summed E-state index contributed by atoms with van der Waals surface area (Å²) < 4.78 is 7.52. The first-order valence-electron chi connectivity index (χ1n) is 5.05. The average Bonchev–Trinajstić information content (AvgIpc) is 2.41. The summed E-state index contributed by atoms with van der Waals surface area (Å²) in [4.78, 5) is 35.0. The standard InChI is InChI=1S/C11H9N3O4S/c12-9(11(17)18-19-14-7-16)5-8-3-1-2-4-10(8)13-6-15/h1-4,9H,5,12H2. The van der Waals surface area contributed by atoms with Gasteiger partial charge in [0.2, 0.25) is 24.4 Å². The summed E-state index contributed by atoms with van der Waals surface area (Å²) in [5.41, 5.74) is 6.63. The van der Waals surface area contributed by atoms with E-state index < -0.39 is 12.0 Å². The van der Waals surface area contributed by atoms with Crippen LogP contribution in [-0.2, 0) is 25.0 Å². The van der Waals surface area contributed by atoms with Crippen molar-refractivity contribution in [3.05, 3.63) is 29.8 Å². The lowest BCUT2D eigenvalue weighted by molar-refractivity contribution is -0.134. The minimum absolute atomic E-state index is 0.131. The zero-order chi connectivity index (χ0) is 14.1. The van der Waals surface area contributed by atoms with Gasteiger partial charge in [-0.25, -0.2) is 14.4 Å². The maximum Gasteiger partial charge on any atom is 0.336 e. The van der Waals surface area contributed by atoms with Gasteiger partial charge in [0.15, 0.2) is 0 Å². The Kier molecular flexibility index (Phi) is 6.21. The second-order valence-electron chi connectivity index (χ2n) is 3.30. The van der Waals surface area contributed by atoms with Crippen molar-refractivity contribution in [3.63, 3.8) is 0 Å².